The van der Waals surface area contributed by atoms with Gasteiger partial charge in [-0.05, 0) is 25.5 Å². The highest BCUT2D eigenvalue weighted by Gasteiger charge is 1.95. The van der Waals surface area contributed by atoms with Gasteiger partial charge in [0.05, 0.1) is 6.26 Å². The zero-order valence-electron chi connectivity index (χ0n) is 8.92. The number of ether oxygens (including phenoxy) is 1. The van der Waals surface area contributed by atoms with Crippen LogP contribution in [0.4, 0.5) is 0 Å². The molecule has 0 amide bonds. The van der Waals surface area contributed by atoms with Crippen LogP contribution in [-0.2, 0) is 0 Å². The summed E-state index contributed by atoms with van der Waals surface area (Å²) in [7, 11) is 0. The van der Waals surface area contributed by atoms with E-state index in [9.17, 15) is 0 Å². The maximum absolute atomic E-state index is 5.16. The maximum Gasteiger partial charge on any atom is 0.129 e. The Morgan fingerprint density at radius 1 is 1.23 bits per heavy atom. The molecule has 0 aliphatic rings. The Kier molecular flexibility index (Phi) is 5.69. The van der Waals surface area contributed by atoms with Crippen molar-refractivity contribution < 1.29 is 4.74 Å². The molecule has 0 aliphatic heterocycles. The van der Waals surface area contributed by atoms with Gasteiger partial charge in [0.15, 0.2) is 0 Å². The molecule has 0 saturated carbocycles. The van der Waals surface area contributed by atoms with Crippen molar-refractivity contribution in [1.82, 2.24) is 0 Å². The first-order chi connectivity index (χ1) is 6.24. The van der Waals surface area contributed by atoms with E-state index in [2.05, 4.69) is 19.6 Å². The van der Waals surface area contributed by atoms with Crippen LogP contribution in [0, 0.1) is 13.8 Å². The summed E-state index contributed by atoms with van der Waals surface area (Å²) in [6, 6.07) is 6.05. The third-order valence-electron chi connectivity index (χ3n) is 1.54. The lowest BCUT2D eigenvalue weighted by Gasteiger charge is -2.03. The summed E-state index contributed by atoms with van der Waals surface area (Å²) in [4.78, 5) is 0. The molecule has 0 radical (unpaired) electrons. The standard InChI is InChI=1S/C10H12O.C2H6/c1-4-11-10-6-5-8(2)7-9(10)3;1-2/h4-7H,1H2,2-3H3;1-2H3. The van der Waals surface area contributed by atoms with E-state index in [-0.39, 0.29) is 0 Å². The van der Waals surface area contributed by atoms with E-state index >= 15 is 0 Å². The average molecular weight is 178 g/mol. The molecule has 13 heavy (non-hydrogen) atoms. The Morgan fingerprint density at radius 3 is 2.31 bits per heavy atom. The largest absolute Gasteiger partial charge is 0.465 e. The minimum Gasteiger partial charge on any atom is -0.465 e. The molecule has 1 rings (SSSR count). The topological polar surface area (TPSA) is 9.23 Å². The summed E-state index contributed by atoms with van der Waals surface area (Å²) in [5.74, 6) is 0.880. The molecule has 0 bridgehead atoms. The third-order valence-corrected chi connectivity index (χ3v) is 1.54. The Hall–Kier alpha value is -1.24. The van der Waals surface area contributed by atoms with Gasteiger partial charge < -0.3 is 4.74 Å². The van der Waals surface area contributed by atoms with Gasteiger partial charge in [0, 0.05) is 0 Å². The lowest BCUT2D eigenvalue weighted by Crippen LogP contribution is -1.85. The first kappa shape index (κ1) is 11.8. The molecule has 0 atom stereocenters. The van der Waals surface area contributed by atoms with Gasteiger partial charge in [-0.25, -0.2) is 0 Å². The van der Waals surface area contributed by atoms with E-state index in [0.717, 1.165) is 11.3 Å². The van der Waals surface area contributed by atoms with Crippen LogP contribution in [0.3, 0.4) is 0 Å². The van der Waals surface area contributed by atoms with E-state index in [4.69, 9.17) is 4.74 Å². The smallest absolute Gasteiger partial charge is 0.129 e. The van der Waals surface area contributed by atoms with Gasteiger partial charge in [0.25, 0.3) is 0 Å². The summed E-state index contributed by atoms with van der Waals surface area (Å²) in [6.07, 6.45) is 1.44. The molecule has 1 heteroatoms. The van der Waals surface area contributed by atoms with Crippen molar-refractivity contribution in [2.45, 2.75) is 27.7 Å². The number of hydrogen-bond acceptors (Lipinski definition) is 1. The van der Waals surface area contributed by atoms with Crippen molar-refractivity contribution in [3.63, 3.8) is 0 Å². The van der Waals surface area contributed by atoms with Crippen LogP contribution in [0.25, 0.3) is 0 Å². The molecule has 0 spiro atoms. The van der Waals surface area contributed by atoms with Gasteiger partial charge in [0.1, 0.15) is 5.75 Å². The quantitative estimate of drug-likeness (QED) is 0.625. The van der Waals surface area contributed by atoms with Gasteiger partial charge in [-0.15, -0.1) is 0 Å². The van der Waals surface area contributed by atoms with Crippen LogP contribution in [0.15, 0.2) is 31.0 Å². The number of aryl methyl sites for hydroxylation is 2. The second-order valence-electron chi connectivity index (χ2n) is 2.55. The van der Waals surface area contributed by atoms with Crippen LogP contribution in [0.2, 0.25) is 0 Å². The summed E-state index contributed by atoms with van der Waals surface area (Å²) in [5, 5.41) is 0. The molecule has 1 aromatic carbocycles. The fraction of sp³-hybridized carbons (Fsp3) is 0.333. The fourth-order valence-electron chi connectivity index (χ4n) is 1.02. The Balaban J connectivity index is 0.000000671. The first-order valence-electron chi connectivity index (χ1n) is 4.59. The maximum atomic E-state index is 5.16. The van der Waals surface area contributed by atoms with E-state index in [1.165, 1.54) is 11.8 Å². The molecular weight excluding hydrogens is 160 g/mol. The average Bonchev–Trinajstić information content (AvgIpc) is 2.14. The van der Waals surface area contributed by atoms with Crippen LogP contribution in [0.5, 0.6) is 5.75 Å². The SMILES string of the molecule is C=COc1ccc(C)cc1C.CC. The van der Waals surface area contributed by atoms with E-state index in [0.29, 0.717) is 0 Å². The van der Waals surface area contributed by atoms with E-state index < -0.39 is 0 Å². The number of hydrogen-bond donors (Lipinski definition) is 0. The van der Waals surface area contributed by atoms with E-state index in [1.54, 1.807) is 0 Å². The molecular formula is C12H18O. The molecule has 0 heterocycles. The van der Waals surface area contributed by atoms with Crippen LogP contribution < -0.4 is 4.74 Å². The normalized spacial score (nSPS) is 8.31. The predicted molar refractivity (Wildman–Crippen MR) is 58.1 cm³/mol. The molecule has 0 aliphatic carbocycles. The fourth-order valence-corrected chi connectivity index (χ4v) is 1.02. The minimum atomic E-state index is 0.880. The van der Waals surface area contributed by atoms with Gasteiger partial charge in [-0.2, -0.15) is 0 Å². The predicted octanol–water partition coefficient (Wildman–Crippen LogP) is 3.85. The van der Waals surface area contributed by atoms with Crippen molar-refractivity contribution >= 4 is 0 Å². The highest BCUT2D eigenvalue weighted by atomic mass is 16.5. The first-order valence-corrected chi connectivity index (χ1v) is 4.59. The van der Waals surface area contributed by atoms with Gasteiger partial charge in [0.2, 0.25) is 0 Å². The molecule has 1 aromatic rings. The van der Waals surface area contributed by atoms with Crippen molar-refractivity contribution in [2.24, 2.45) is 0 Å². The number of benzene rings is 1. The molecule has 0 fully saturated rings. The molecule has 0 saturated heterocycles. The van der Waals surface area contributed by atoms with Crippen molar-refractivity contribution in [3.8, 4) is 5.75 Å². The highest BCUT2D eigenvalue weighted by Crippen LogP contribution is 2.18. The molecule has 72 valence electrons. The Labute approximate surface area is 81.1 Å². The Morgan fingerprint density at radius 2 is 1.85 bits per heavy atom. The zero-order valence-corrected chi connectivity index (χ0v) is 8.92. The van der Waals surface area contributed by atoms with E-state index in [1.807, 2.05) is 32.9 Å². The lowest BCUT2D eigenvalue weighted by molar-refractivity contribution is 0.479. The van der Waals surface area contributed by atoms with Gasteiger partial charge in [-0.1, -0.05) is 38.1 Å². The highest BCUT2D eigenvalue weighted by molar-refractivity contribution is 5.35. The Bertz CT molecular complexity index is 264. The second-order valence-corrected chi connectivity index (χ2v) is 2.55. The van der Waals surface area contributed by atoms with Crippen molar-refractivity contribution in [2.75, 3.05) is 0 Å². The van der Waals surface area contributed by atoms with Crippen molar-refractivity contribution in [1.29, 1.82) is 0 Å². The minimum absolute atomic E-state index is 0.880. The lowest BCUT2D eigenvalue weighted by atomic mass is 10.1. The molecule has 0 N–H and O–H groups in total. The second kappa shape index (κ2) is 6.30. The number of rotatable bonds is 2. The molecule has 0 aromatic heterocycles. The van der Waals surface area contributed by atoms with Crippen LogP contribution in [-0.4, -0.2) is 0 Å². The summed E-state index contributed by atoms with van der Waals surface area (Å²) in [5.41, 5.74) is 2.39. The van der Waals surface area contributed by atoms with Crippen LogP contribution >= 0.6 is 0 Å². The van der Waals surface area contributed by atoms with Gasteiger partial charge >= 0.3 is 0 Å². The summed E-state index contributed by atoms with van der Waals surface area (Å²) < 4.78 is 5.16. The van der Waals surface area contributed by atoms with Gasteiger partial charge in [-0.3, -0.25) is 0 Å². The molecule has 1 nitrogen and oxygen atoms in total. The molecule has 0 unspecified atom stereocenters. The zero-order chi connectivity index (χ0) is 10.3. The third kappa shape index (κ3) is 3.79. The van der Waals surface area contributed by atoms with Crippen molar-refractivity contribution in [3.05, 3.63) is 42.2 Å². The monoisotopic (exact) mass is 178 g/mol. The summed E-state index contributed by atoms with van der Waals surface area (Å²) >= 11 is 0. The summed E-state index contributed by atoms with van der Waals surface area (Å²) in [6.45, 7) is 11.6. The van der Waals surface area contributed by atoms with Crippen LogP contribution in [0.1, 0.15) is 25.0 Å².